The number of likely N-dealkylation sites (tertiary alicyclic amines) is 1. The number of aliphatic hydroxyl groups excluding tert-OH is 1. The zero-order valence-electron chi connectivity index (χ0n) is 16.9. The SMILES string of the molecule is CCN(CC)CC(=O)O.O=C1CCC(N2C(=O)c3ccccc3C2=O)C(=O)N1CO. The normalized spacial score (nSPS) is 18.5. The molecule has 0 spiro atoms. The summed E-state index contributed by atoms with van der Waals surface area (Å²) in [5.74, 6) is -3.06. The number of imide groups is 2. The van der Waals surface area contributed by atoms with E-state index in [0.29, 0.717) is 4.90 Å². The van der Waals surface area contributed by atoms with Gasteiger partial charge in [-0.2, -0.15) is 0 Å². The van der Waals surface area contributed by atoms with E-state index in [1.165, 1.54) is 12.1 Å². The van der Waals surface area contributed by atoms with Gasteiger partial charge in [-0.05, 0) is 31.6 Å². The second kappa shape index (κ2) is 10.1. The zero-order valence-corrected chi connectivity index (χ0v) is 16.9. The van der Waals surface area contributed by atoms with Gasteiger partial charge in [0, 0.05) is 6.42 Å². The largest absolute Gasteiger partial charge is 0.480 e. The number of benzene rings is 1. The molecule has 1 aromatic carbocycles. The summed E-state index contributed by atoms with van der Waals surface area (Å²) in [6.45, 7) is 4.93. The Morgan fingerprint density at radius 2 is 1.60 bits per heavy atom. The summed E-state index contributed by atoms with van der Waals surface area (Å²) in [6, 6.07) is 5.29. The van der Waals surface area contributed by atoms with Gasteiger partial charge < -0.3 is 10.2 Å². The summed E-state index contributed by atoms with van der Waals surface area (Å²) >= 11 is 0. The van der Waals surface area contributed by atoms with E-state index in [0.717, 1.165) is 18.0 Å². The van der Waals surface area contributed by atoms with Gasteiger partial charge in [0.25, 0.3) is 17.7 Å². The van der Waals surface area contributed by atoms with Crippen molar-refractivity contribution in [2.75, 3.05) is 26.4 Å². The van der Waals surface area contributed by atoms with Crippen LogP contribution in [0.4, 0.5) is 0 Å². The van der Waals surface area contributed by atoms with E-state index in [1.807, 2.05) is 18.7 Å². The predicted molar refractivity (Wildman–Crippen MR) is 104 cm³/mol. The minimum Gasteiger partial charge on any atom is -0.480 e. The number of hydrogen-bond acceptors (Lipinski definition) is 7. The first-order valence-corrected chi connectivity index (χ1v) is 9.62. The molecule has 2 aliphatic rings. The summed E-state index contributed by atoms with van der Waals surface area (Å²) in [4.78, 5) is 61.9. The molecule has 162 valence electrons. The van der Waals surface area contributed by atoms with Crippen LogP contribution in [0.3, 0.4) is 0 Å². The minimum atomic E-state index is -1.04. The Morgan fingerprint density at radius 1 is 1.07 bits per heavy atom. The van der Waals surface area contributed by atoms with E-state index in [-0.39, 0.29) is 30.5 Å². The molecule has 10 nitrogen and oxygen atoms in total. The van der Waals surface area contributed by atoms with Crippen LogP contribution in [0, 0.1) is 0 Å². The molecule has 0 aromatic heterocycles. The molecule has 3 rings (SSSR count). The first kappa shape index (κ1) is 23.2. The van der Waals surface area contributed by atoms with E-state index in [4.69, 9.17) is 10.2 Å². The fraction of sp³-hybridized carbons (Fsp3) is 0.450. The maximum Gasteiger partial charge on any atom is 0.317 e. The number of carbonyl (C=O) groups is 5. The molecule has 0 bridgehead atoms. The molecule has 4 amide bonds. The lowest BCUT2D eigenvalue weighted by Crippen LogP contribution is -2.56. The van der Waals surface area contributed by atoms with Gasteiger partial charge in [0.05, 0.1) is 17.7 Å². The van der Waals surface area contributed by atoms with Gasteiger partial charge in [-0.3, -0.25) is 38.7 Å². The molecule has 1 aromatic rings. The molecule has 1 saturated heterocycles. The molecular weight excluding hydrogens is 394 g/mol. The van der Waals surface area contributed by atoms with E-state index >= 15 is 0 Å². The standard InChI is InChI=1S/C14H12N2O5.C6H13NO2/c17-7-15-11(18)6-5-10(14(15)21)16-12(19)8-3-1-2-4-9(8)13(16)20;1-3-7(4-2)5-6(8)9/h1-4,10,17H,5-7H2;3-5H2,1-2H3,(H,8,9). The van der Waals surface area contributed by atoms with Crippen LogP contribution in [0.1, 0.15) is 47.4 Å². The number of hydrogen-bond donors (Lipinski definition) is 2. The van der Waals surface area contributed by atoms with E-state index in [9.17, 15) is 24.0 Å². The lowest BCUT2D eigenvalue weighted by molar-refractivity contribution is -0.156. The highest BCUT2D eigenvalue weighted by molar-refractivity contribution is 6.23. The average Bonchev–Trinajstić information content (AvgIpc) is 2.98. The first-order chi connectivity index (χ1) is 14.3. The summed E-state index contributed by atoms with van der Waals surface area (Å²) in [7, 11) is 0. The van der Waals surface area contributed by atoms with Crippen LogP contribution >= 0.6 is 0 Å². The van der Waals surface area contributed by atoms with Crippen molar-refractivity contribution in [1.82, 2.24) is 14.7 Å². The van der Waals surface area contributed by atoms with Gasteiger partial charge in [-0.25, -0.2) is 0 Å². The molecule has 2 heterocycles. The minimum absolute atomic E-state index is 0.00434. The smallest absolute Gasteiger partial charge is 0.317 e. The number of aliphatic carboxylic acids is 1. The Bertz CT molecular complexity index is 816. The fourth-order valence-electron chi connectivity index (χ4n) is 3.34. The number of nitrogens with zero attached hydrogens (tertiary/aromatic N) is 3. The van der Waals surface area contributed by atoms with Crippen molar-refractivity contribution in [3.63, 3.8) is 0 Å². The van der Waals surface area contributed by atoms with Crippen LogP contribution in [-0.4, -0.2) is 86.9 Å². The monoisotopic (exact) mass is 419 g/mol. The Hall–Kier alpha value is -3.11. The molecule has 0 radical (unpaired) electrons. The number of carboxylic acid groups (broad SMARTS) is 1. The number of amides is 4. The Labute approximate surface area is 173 Å². The van der Waals surface area contributed by atoms with Gasteiger partial charge in [-0.15, -0.1) is 0 Å². The number of aliphatic hydroxyl groups is 1. The van der Waals surface area contributed by atoms with Crippen molar-refractivity contribution < 1.29 is 34.2 Å². The zero-order chi connectivity index (χ0) is 22.4. The summed E-state index contributed by atoms with van der Waals surface area (Å²) < 4.78 is 0. The maximum absolute atomic E-state index is 12.3. The molecule has 10 heteroatoms. The topological polar surface area (TPSA) is 136 Å². The van der Waals surface area contributed by atoms with E-state index < -0.39 is 42.4 Å². The van der Waals surface area contributed by atoms with Crippen LogP contribution < -0.4 is 0 Å². The Balaban J connectivity index is 0.000000303. The number of rotatable bonds is 6. The number of likely N-dealkylation sites (N-methyl/N-ethyl adjacent to an activating group) is 1. The lowest BCUT2D eigenvalue weighted by atomic mass is 10.0. The third-order valence-electron chi connectivity index (χ3n) is 5.02. The third-order valence-corrected chi connectivity index (χ3v) is 5.02. The highest BCUT2D eigenvalue weighted by Gasteiger charge is 2.46. The van der Waals surface area contributed by atoms with Crippen LogP contribution in [0.2, 0.25) is 0 Å². The van der Waals surface area contributed by atoms with Crippen molar-refractivity contribution in [2.24, 2.45) is 0 Å². The van der Waals surface area contributed by atoms with Crippen LogP contribution in [0.5, 0.6) is 0 Å². The maximum atomic E-state index is 12.3. The lowest BCUT2D eigenvalue weighted by Gasteiger charge is -2.33. The predicted octanol–water partition coefficient (Wildman–Crippen LogP) is 0.163. The van der Waals surface area contributed by atoms with Gasteiger partial charge in [-0.1, -0.05) is 26.0 Å². The summed E-state index contributed by atoms with van der Waals surface area (Å²) in [6.07, 6.45) is 0.0873. The second-order valence-corrected chi connectivity index (χ2v) is 6.74. The number of piperidine rings is 1. The molecular formula is C20H25N3O7. The molecule has 2 aliphatic heterocycles. The Morgan fingerprint density at radius 3 is 2.00 bits per heavy atom. The van der Waals surface area contributed by atoms with Crippen LogP contribution in [-0.2, 0) is 14.4 Å². The molecule has 0 aliphatic carbocycles. The highest BCUT2D eigenvalue weighted by atomic mass is 16.4. The number of carboxylic acids is 1. The quantitative estimate of drug-likeness (QED) is 0.623. The summed E-state index contributed by atoms with van der Waals surface area (Å²) in [5.41, 5.74) is 0.505. The molecule has 1 fully saturated rings. The van der Waals surface area contributed by atoms with E-state index in [2.05, 4.69) is 0 Å². The highest BCUT2D eigenvalue weighted by Crippen LogP contribution is 2.28. The van der Waals surface area contributed by atoms with Gasteiger partial charge in [0.2, 0.25) is 5.91 Å². The number of fused-ring (bicyclic) bond motifs is 1. The van der Waals surface area contributed by atoms with Crippen molar-refractivity contribution >= 4 is 29.6 Å². The molecule has 1 atom stereocenters. The van der Waals surface area contributed by atoms with Crippen LogP contribution in [0.25, 0.3) is 0 Å². The van der Waals surface area contributed by atoms with Crippen molar-refractivity contribution in [3.8, 4) is 0 Å². The third kappa shape index (κ3) is 4.71. The van der Waals surface area contributed by atoms with Gasteiger partial charge in [0.15, 0.2) is 0 Å². The molecule has 0 saturated carbocycles. The van der Waals surface area contributed by atoms with E-state index in [1.54, 1.807) is 12.1 Å². The van der Waals surface area contributed by atoms with Gasteiger partial charge in [0.1, 0.15) is 12.8 Å². The van der Waals surface area contributed by atoms with Crippen molar-refractivity contribution in [2.45, 2.75) is 32.7 Å². The van der Waals surface area contributed by atoms with Crippen molar-refractivity contribution in [1.29, 1.82) is 0 Å². The average molecular weight is 419 g/mol. The molecule has 2 N–H and O–H groups in total. The second-order valence-electron chi connectivity index (χ2n) is 6.74. The first-order valence-electron chi connectivity index (χ1n) is 9.62. The van der Waals surface area contributed by atoms with Crippen LogP contribution in [0.15, 0.2) is 24.3 Å². The van der Waals surface area contributed by atoms with Gasteiger partial charge >= 0.3 is 5.97 Å². The Kier molecular flexibility index (Phi) is 7.79. The molecule has 30 heavy (non-hydrogen) atoms. The fourth-order valence-corrected chi connectivity index (χ4v) is 3.34. The number of carbonyl (C=O) groups excluding carboxylic acids is 4. The summed E-state index contributed by atoms with van der Waals surface area (Å²) in [5, 5.41) is 17.4. The van der Waals surface area contributed by atoms with Crippen molar-refractivity contribution in [3.05, 3.63) is 35.4 Å². The molecule has 1 unspecified atom stereocenters.